The summed E-state index contributed by atoms with van der Waals surface area (Å²) in [4.78, 5) is 24.8. The van der Waals surface area contributed by atoms with Gasteiger partial charge >= 0.3 is 0 Å². The summed E-state index contributed by atoms with van der Waals surface area (Å²) in [6.45, 7) is 4.01. The van der Waals surface area contributed by atoms with Gasteiger partial charge in [0.15, 0.2) is 5.78 Å². The summed E-state index contributed by atoms with van der Waals surface area (Å²) >= 11 is 0. The highest BCUT2D eigenvalue weighted by molar-refractivity contribution is 5.88. The van der Waals surface area contributed by atoms with Crippen LogP contribution in [0.25, 0.3) is 0 Å². The topological polar surface area (TPSA) is 49.4 Å². The Hall–Kier alpha value is -0.900. The Kier molecular flexibility index (Phi) is 2.54. The minimum absolute atomic E-state index is 0.0496. The van der Waals surface area contributed by atoms with Gasteiger partial charge in [-0.25, -0.2) is 0 Å². The summed E-state index contributed by atoms with van der Waals surface area (Å²) in [5, 5.41) is 2.73. The first-order valence-corrected chi connectivity index (χ1v) is 5.20. The van der Waals surface area contributed by atoms with E-state index in [1.807, 2.05) is 0 Å². The third kappa shape index (κ3) is 1.66. The highest BCUT2D eigenvalue weighted by atomic mass is 16.1. The van der Waals surface area contributed by atoms with Crippen LogP contribution in [0.2, 0.25) is 0 Å². The first-order chi connectivity index (χ1) is 6.68. The van der Waals surface area contributed by atoms with Gasteiger partial charge in [-0.3, -0.25) is 14.5 Å². The fraction of sp³-hybridized carbons (Fsp3) is 0.800. The molecular formula is C10H16N2O2. The van der Waals surface area contributed by atoms with Gasteiger partial charge < -0.3 is 5.32 Å². The van der Waals surface area contributed by atoms with Crippen molar-refractivity contribution in [3.05, 3.63) is 0 Å². The van der Waals surface area contributed by atoms with Crippen LogP contribution in [-0.4, -0.2) is 42.3 Å². The number of piperidine rings is 3. The van der Waals surface area contributed by atoms with E-state index >= 15 is 0 Å². The lowest BCUT2D eigenvalue weighted by Gasteiger charge is -2.43. The van der Waals surface area contributed by atoms with Crippen LogP contribution in [0.15, 0.2) is 0 Å². The van der Waals surface area contributed by atoms with Crippen molar-refractivity contribution in [3.63, 3.8) is 0 Å². The maximum atomic E-state index is 11.8. The number of hydrogen-bond acceptors (Lipinski definition) is 3. The molecule has 3 rings (SSSR count). The van der Waals surface area contributed by atoms with Crippen LogP contribution < -0.4 is 5.32 Å². The van der Waals surface area contributed by atoms with Gasteiger partial charge in [-0.1, -0.05) is 0 Å². The van der Waals surface area contributed by atoms with Crippen molar-refractivity contribution in [3.8, 4) is 0 Å². The minimum atomic E-state index is -0.0551. The monoisotopic (exact) mass is 196 g/mol. The van der Waals surface area contributed by atoms with E-state index in [9.17, 15) is 9.59 Å². The summed E-state index contributed by atoms with van der Waals surface area (Å²) in [6, 6.07) is -0.0496. The maximum absolute atomic E-state index is 11.8. The minimum Gasteiger partial charge on any atom is -0.354 e. The van der Waals surface area contributed by atoms with Crippen LogP contribution in [-0.2, 0) is 9.59 Å². The zero-order valence-electron chi connectivity index (χ0n) is 8.45. The lowest BCUT2D eigenvalue weighted by molar-refractivity contribution is -0.136. The lowest BCUT2D eigenvalue weighted by Crippen LogP contribution is -2.59. The van der Waals surface area contributed by atoms with Crippen LogP contribution in [0.3, 0.4) is 0 Å². The molecule has 0 saturated carbocycles. The van der Waals surface area contributed by atoms with Crippen LogP contribution in [0.4, 0.5) is 0 Å². The number of nitrogens with one attached hydrogen (secondary N) is 1. The Morgan fingerprint density at radius 2 is 2.14 bits per heavy atom. The van der Waals surface area contributed by atoms with E-state index < -0.39 is 0 Å². The normalized spacial score (nSPS) is 35.8. The van der Waals surface area contributed by atoms with E-state index in [0.29, 0.717) is 12.3 Å². The molecule has 1 N–H and O–H groups in total. The summed E-state index contributed by atoms with van der Waals surface area (Å²) < 4.78 is 0. The Balaban J connectivity index is 1.97. The largest absolute Gasteiger partial charge is 0.354 e. The molecule has 3 aliphatic heterocycles. The summed E-state index contributed by atoms with van der Waals surface area (Å²) in [7, 11) is 0. The van der Waals surface area contributed by atoms with Crippen molar-refractivity contribution in [2.45, 2.75) is 25.8 Å². The van der Waals surface area contributed by atoms with Gasteiger partial charge in [0.05, 0.1) is 6.04 Å². The molecule has 0 aromatic carbocycles. The predicted molar refractivity (Wildman–Crippen MR) is 51.8 cm³/mol. The molecule has 1 unspecified atom stereocenters. The highest BCUT2D eigenvalue weighted by Gasteiger charge is 2.40. The third-order valence-corrected chi connectivity index (χ3v) is 3.25. The summed E-state index contributed by atoms with van der Waals surface area (Å²) in [6.07, 6.45) is 2.02. The van der Waals surface area contributed by atoms with Crippen molar-refractivity contribution in [1.29, 1.82) is 0 Å². The molecular weight excluding hydrogens is 180 g/mol. The zero-order valence-corrected chi connectivity index (χ0v) is 8.45. The van der Waals surface area contributed by atoms with Crippen LogP contribution in [0.5, 0.6) is 0 Å². The molecule has 0 spiro atoms. The zero-order chi connectivity index (χ0) is 10.1. The summed E-state index contributed by atoms with van der Waals surface area (Å²) in [5.41, 5.74) is 0. The van der Waals surface area contributed by atoms with E-state index in [0.717, 1.165) is 25.9 Å². The van der Waals surface area contributed by atoms with Crippen LogP contribution in [0.1, 0.15) is 19.8 Å². The smallest absolute Gasteiger partial charge is 0.216 e. The number of hydrogen-bond donors (Lipinski definition) is 1. The maximum Gasteiger partial charge on any atom is 0.216 e. The molecule has 78 valence electrons. The number of Topliss-reactive ketones (excluding diaryl/α,β-unsaturated/α-hetero) is 1. The second-order valence-electron chi connectivity index (χ2n) is 4.17. The number of ketones is 1. The van der Waals surface area contributed by atoms with Gasteiger partial charge in [-0.15, -0.1) is 0 Å². The molecule has 0 aromatic heterocycles. The van der Waals surface area contributed by atoms with Crippen molar-refractivity contribution >= 4 is 11.7 Å². The van der Waals surface area contributed by atoms with E-state index in [1.54, 1.807) is 0 Å². The average Bonchev–Trinajstić information content (AvgIpc) is 2.18. The summed E-state index contributed by atoms with van der Waals surface area (Å²) in [5.74, 6) is 0.537. The molecule has 0 aromatic rings. The molecule has 3 saturated heterocycles. The van der Waals surface area contributed by atoms with Crippen molar-refractivity contribution in [2.24, 2.45) is 5.92 Å². The van der Waals surface area contributed by atoms with E-state index in [2.05, 4.69) is 10.2 Å². The second-order valence-corrected chi connectivity index (χ2v) is 4.17. The molecule has 3 aliphatic rings. The van der Waals surface area contributed by atoms with Gasteiger partial charge in [-0.2, -0.15) is 0 Å². The quantitative estimate of drug-likeness (QED) is 0.664. The van der Waals surface area contributed by atoms with Gasteiger partial charge in [0.1, 0.15) is 0 Å². The first-order valence-electron chi connectivity index (χ1n) is 5.20. The number of carbonyl (C=O) groups is 2. The molecule has 1 atom stereocenters. The highest BCUT2D eigenvalue weighted by Crippen LogP contribution is 2.28. The number of amides is 1. The standard InChI is InChI=1S/C10H16N2O2/c1-7(13)11-6-9-10(14)8-2-4-12(9)5-3-8/h8-9H,2-6H2,1H3,(H,11,13). The molecule has 4 heteroatoms. The Bertz CT molecular complexity index is 257. The van der Waals surface area contributed by atoms with Crippen molar-refractivity contribution in [1.82, 2.24) is 10.2 Å². The van der Waals surface area contributed by atoms with Crippen molar-refractivity contribution in [2.75, 3.05) is 19.6 Å². The van der Waals surface area contributed by atoms with Crippen LogP contribution >= 0.6 is 0 Å². The van der Waals surface area contributed by atoms with Gasteiger partial charge in [0, 0.05) is 19.4 Å². The molecule has 3 heterocycles. The lowest BCUT2D eigenvalue weighted by atomic mass is 9.82. The molecule has 2 bridgehead atoms. The molecule has 1 amide bonds. The molecule has 3 fully saturated rings. The number of rotatable bonds is 2. The van der Waals surface area contributed by atoms with E-state index in [1.165, 1.54) is 6.92 Å². The second kappa shape index (κ2) is 3.69. The Morgan fingerprint density at radius 1 is 1.50 bits per heavy atom. The number of nitrogens with zero attached hydrogens (tertiary/aromatic N) is 1. The van der Waals surface area contributed by atoms with Gasteiger partial charge in [-0.05, 0) is 25.9 Å². The van der Waals surface area contributed by atoms with Crippen LogP contribution in [0, 0.1) is 5.92 Å². The molecule has 0 aliphatic carbocycles. The van der Waals surface area contributed by atoms with E-state index in [4.69, 9.17) is 0 Å². The SMILES string of the molecule is CC(=O)NCC1C(=O)C2CCN1CC2. The van der Waals surface area contributed by atoms with E-state index in [-0.39, 0.29) is 17.9 Å². The molecule has 14 heavy (non-hydrogen) atoms. The Morgan fingerprint density at radius 3 is 2.64 bits per heavy atom. The fourth-order valence-corrected chi connectivity index (χ4v) is 2.42. The fourth-order valence-electron chi connectivity index (χ4n) is 2.42. The third-order valence-electron chi connectivity index (χ3n) is 3.25. The average molecular weight is 196 g/mol. The molecule has 0 radical (unpaired) electrons. The number of carbonyl (C=O) groups excluding carboxylic acids is 2. The van der Waals surface area contributed by atoms with Gasteiger partial charge in [0.2, 0.25) is 5.91 Å². The predicted octanol–water partition coefficient (Wildman–Crippen LogP) is -0.214. The number of fused-ring (bicyclic) bond motifs is 3. The van der Waals surface area contributed by atoms with Gasteiger partial charge in [0.25, 0.3) is 0 Å². The molecule has 4 nitrogen and oxygen atoms in total. The first kappa shape index (κ1) is 9.65. The van der Waals surface area contributed by atoms with Crippen molar-refractivity contribution < 1.29 is 9.59 Å². The Labute approximate surface area is 83.6 Å².